The summed E-state index contributed by atoms with van der Waals surface area (Å²) >= 11 is 1.40. The third-order valence-electron chi connectivity index (χ3n) is 2.30. The molecule has 0 saturated carbocycles. The summed E-state index contributed by atoms with van der Waals surface area (Å²) in [6.45, 7) is 0. The highest BCUT2D eigenvalue weighted by Gasteiger charge is 2.29. The van der Waals surface area contributed by atoms with Crippen LogP contribution in [0.4, 0.5) is 4.79 Å². The van der Waals surface area contributed by atoms with Gasteiger partial charge in [0.2, 0.25) is 0 Å². The molecule has 1 atom stereocenters. The van der Waals surface area contributed by atoms with Crippen molar-refractivity contribution < 1.29 is 4.79 Å². The van der Waals surface area contributed by atoms with E-state index in [1.54, 1.807) is 4.90 Å². The van der Waals surface area contributed by atoms with Crippen molar-refractivity contribution in [3.8, 4) is 0 Å². The van der Waals surface area contributed by atoms with E-state index >= 15 is 0 Å². The maximum Gasteiger partial charge on any atom is 0.282 e. The normalized spacial score (nSPS) is 22.4. The van der Waals surface area contributed by atoms with Gasteiger partial charge in [0.25, 0.3) is 5.24 Å². The summed E-state index contributed by atoms with van der Waals surface area (Å²) in [4.78, 5) is 13.1. The minimum absolute atomic E-state index is 0.175. The summed E-state index contributed by atoms with van der Waals surface area (Å²) < 4.78 is 0. The van der Waals surface area contributed by atoms with E-state index in [9.17, 15) is 4.79 Å². The third kappa shape index (κ3) is 1.56. The molecular formula is C10H11NOS. The molecule has 0 spiro atoms. The number of carbonyl (C=O) groups excluding carboxylic acids is 1. The predicted octanol–water partition coefficient (Wildman–Crippen LogP) is 2.53. The van der Waals surface area contributed by atoms with Crippen LogP contribution in [0.2, 0.25) is 0 Å². The van der Waals surface area contributed by atoms with E-state index in [4.69, 9.17) is 0 Å². The summed E-state index contributed by atoms with van der Waals surface area (Å²) in [5, 5.41) is 0.175. The second-order valence-electron chi connectivity index (χ2n) is 3.11. The van der Waals surface area contributed by atoms with Crippen molar-refractivity contribution >= 4 is 17.0 Å². The molecule has 0 aromatic heterocycles. The second kappa shape index (κ2) is 3.42. The number of amides is 1. The number of carbonyl (C=O) groups is 1. The van der Waals surface area contributed by atoms with Crippen LogP contribution >= 0.6 is 11.8 Å². The van der Waals surface area contributed by atoms with Crippen LogP contribution in [0.15, 0.2) is 30.3 Å². The highest BCUT2D eigenvalue weighted by molar-refractivity contribution is 8.13. The Morgan fingerprint density at radius 2 is 2.08 bits per heavy atom. The molecule has 0 bridgehead atoms. The zero-order valence-electron chi connectivity index (χ0n) is 7.43. The van der Waals surface area contributed by atoms with Gasteiger partial charge in [0.05, 0.1) is 6.04 Å². The summed E-state index contributed by atoms with van der Waals surface area (Å²) in [5.74, 6) is 0.874. The molecule has 68 valence electrons. The summed E-state index contributed by atoms with van der Waals surface area (Å²) in [6.07, 6.45) is 0. The lowest BCUT2D eigenvalue weighted by Gasteiger charge is -2.18. The first-order chi connectivity index (χ1) is 6.29. The molecule has 13 heavy (non-hydrogen) atoms. The first-order valence-corrected chi connectivity index (χ1v) is 5.22. The number of hydrogen-bond acceptors (Lipinski definition) is 2. The maximum atomic E-state index is 11.2. The molecule has 1 aromatic rings. The van der Waals surface area contributed by atoms with E-state index in [1.165, 1.54) is 17.3 Å². The molecule has 1 aliphatic rings. The molecule has 0 radical (unpaired) electrons. The van der Waals surface area contributed by atoms with Gasteiger partial charge in [0.1, 0.15) is 0 Å². The predicted molar refractivity (Wildman–Crippen MR) is 54.8 cm³/mol. The standard InChI is InChI=1S/C10H11NOS/c1-11-9(7-13-10(11)12)8-5-3-2-4-6-8/h2-6,9H,7H2,1H3/t9-/m0/s1. The SMILES string of the molecule is CN1C(=O)SC[C@H]1c1ccccc1. The van der Waals surface area contributed by atoms with Gasteiger partial charge in [0, 0.05) is 12.8 Å². The molecule has 1 aliphatic heterocycles. The van der Waals surface area contributed by atoms with Gasteiger partial charge in [-0.25, -0.2) is 0 Å². The molecule has 0 N–H and O–H groups in total. The molecular weight excluding hydrogens is 182 g/mol. The lowest BCUT2D eigenvalue weighted by Crippen LogP contribution is -2.21. The van der Waals surface area contributed by atoms with E-state index in [1.807, 2.05) is 25.2 Å². The van der Waals surface area contributed by atoms with Crippen molar-refractivity contribution in [2.45, 2.75) is 6.04 Å². The fourth-order valence-corrected chi connectivity index (χ4v) is 2.53. The Balaban J connectivity index is 2.24. The second-order valence-corrected chi connectivity index (χ2v) is 4.09. The van der Waals surface area contributed by atoms with Gasteiger partial charge in [-0.3, -0.25) is 4.79 Å². The lowest BCUT2D eigenvalue weighted by molar-refractivity contribution is 0.226. The van der Waals surface area contributed by atoms with Crippen LogP contribution in [0, 0.1) is 0 Å². The number of thioether (sulfide) groups is 1. The zero-order valence-corrected chi connectivity index (χ0v) is 8.25. The lowest BCUT2D eigenvalue weighted by atomic mass is 10.1. The Kier molecular flexibility index (Phi) is 2.27. The minimum Gasteiger partial charge on any atom is -0.329 e. The number of rotatable bonds is 1. The van der Waals surface area contributed by atoms with E-state index in [2.05, 4.69) is 12.1 Å². The Hall–Kier alpha value is -0.960. The van der Waals surface area contributed by atoms with E-state index in [-0.39, 0.29) is 11.3 Å². The minimum atomic E-state index is 0.175. The Labute approximate surface area is 81.9 Å². The molecule has 0 unspecified atom stereocenters. The van der Waals surface area contributed by atoms with Gasteiger partial charge in [-0.2, -0.15) is 0 Å². The highest BCUT2D eigenvalue weighted by Crippen LogP contribution is 2.33. The quantitative estimate of drug-likeness (QED) is 0.683. The maximum absolute atomic E-state index is 11.2. The molecule has 1 amide bonds. The fraction of sp³-hybridized carbons (Fsp3) is 0.300. The van der Waals surface area contributed by atoms with Crippen LogP contribution < -0.4 is 0 Å². The van der Waals surface area contributed by atoms with Crippen molar-refractivity contribution in [1.82, 2.24) is 4.90 Å². The smallest absolute Gasteiger partial charge is 0.282 e. The van der Waals surface area contributed by atoms with Crippen LogP contribution in [-0.4, -0.2) is 22.9 Å². The molecule has 2 nitrogen and oxygen atoms in total. The molecule has 3 heteroatoms. The van der Waals surface area contributed by atoms with Crippen molar-refractivity contribution in [1.29, 1.82) is 0 Å². The highest BCUT2D eigenvalue weighted by atomic mass is 32.2. The van der Waals surface area contributed by atoms with Gasteiger partial charge < -0.3 is 4.90 Å². The molecule has 1 aromatic carbocycles. The molecule has 1 heterocycles. The van der Waals surface area contributed by atoms with Crippen molar-refractivity contribution in [2.75, 3.05) is 12.8 Å². The van der Waals surface area contributed by atoms with E-state index in [0.29, 0.717) is 0 Å². The van der Waals surface area contributed by atoms with Crippen molar-refractivity contribution in [2.24, 2.45) is 0 Å². The monoisotopic (exact) mass is 193 g/mol. The molecule has 1 saturated heterocycles. The van der Waals surface area contributed by atoms with Crippen LogP contribution in [-0.2, 0) is 0 Å². The van der Waals surface area contributed by atoms with Gasteiger partial charge in [-0.05, 0) is 5.56 Å². The van der Waals surface area contributed by atoms with E-state index < -0.39 is 0 Å². The average molecular weight is 193 g/mol. The van der Waals surface area contributed by atoms with Crippen LogP contribution in [0.25, 0.3) is 0 Å². The van der Waals surface area contributed by atoms with Crippen LogP contribution in [0.5, 0.6) is 0 Å². The summed E-state index contributed by atoms with van der Waals surface area (Å²) in [7, 11) is 1.86. The average Bonchev–Trinajstić information content (AvgIpc) is 2.49. The van der Waals surface area contributed by atoms with Crippen LogP contribution in [0.3, 0.4) is 0 Å². The van der Waals surface area contributed by atoms with Crippen molar-refractivity contribution in [3.05, 3.63) is 35.9 Å². The zero-order chi connectivity index (χ0) is 9.26. The van der Waals surface area contributed by atoms with Gasteiger partial charge in [-0.1, -0.05) is 42.1 Å². The molecule has 0 aliphatic carbocycles. The molecule has 1 fully saturated rings. The van der Waals surface area contributed by atoms with E-state index in [0.717, 1.165) is 5.75 Å². The molecule has 2 rings (SSSR count). The van der Waals surface area contributed by atoms with Gasteiger partial charge in [0.15, 0.2) is 0 Å². The fourth-order valence-electron chi connectivity index (χ4n) is 1.49. The summed E-state index contributed by atoms with van der Waals surface area (Å²) in [6, 6.07) is 10.4. The number of benzene rings is 1. The topological polar surface area (TPSA) is 20.3 Å². The van der Waals surface area contributed by atoms with Gasteiger partial charge in [-0.15, -0.1) is 0 Å². The first-order valence-electron chi connectivity index (χ1n) is 4.23. The Morgan fingerprint density at radius 1 is 1.38 bits per heavy atom. The number of hydrogen-bond donors (Lipinski definition) is 0. The largest absolute Gasteiger partial charge is 0.329 e. The third-order valence-corrected chi connectivity index (χ3v) is 3.32. The van der Waals surface area contributed by atoms with Crippen LogP contribution in [0.1, 0.15) is 11.6 Å². The Bertz CT molecular complexity index is 312. The number of nitrogens with zero attached hydrogens (tertiary/aromatic N) is 1. The van der Waals surface area contributed by atoms with Crippen molar-refractivity contribution in [3.63, 3.8) is 0 Å². The Morgan fingerprint density at radius 3 is 2.62 bits per heavy atom. The van der Waals surface area contributed by atoms with Gasteiger partial charge >= 0.3 is 0 Å². The summed E-state index contributed by atoms with van der Waals surface area (Å²) in [5.41, 5.74) is 1.23. The first kappa shape index (κ1) is 8.63.